The monoisotopic (exact) mass is 261 g/mol. The van der Waals surface area contributed by atoms with Gasteiger partial charge in [-0.2, -0.15) is 0 Å². The zero-order valence-electron chi connectivity index (χ0n) is 12.1. The molecule has 1 N–H and O–H groups in total. The Labute approximate surface area is 115 Å². The van der Waals surface area contributed by atoms with Gasteiger partial charge in [0.05, 0.1) is 6.61 Å². The van der Waals surface area contributed by atoms with Crippen molar-refractivity contribution in [3.05, 3.63) is 28.8 Å². The molecule has 2 rings (SSSR count). The third kappa shape index (κ3) is 2.98. The lowest BCUT2D eigenvalue weighted by Gasteiger charge is -2.23. The molecular formula is C16H23NO2. The molecule has 104 valence electrons. The van der Waals surface area contributed by atoms with Gasteiger partial charge in [0.2, 0.25) is 0 Å². The number of ketones is 1. The van der Waals surface area contributed by atoms with Crippen molar-refractivity contribution in [3.8, 4) is 5.75 Å². The standard InChI is InChI=1S/C16H23NO2/c1-4-19-15-6-5-14(11(2)12(15)3)16(18)13-7-9-17-10-8-13/h5-6,13,17H,4,7-10H2,1-3H3. The minimum atomic E-state index is 0.178. The molecule has 0 saturated carbocycles. The molecule has 1 fully saturated rings. The van der Waals surface area contributed by atoms with E-state index in [1.54, 1.807) is 0 Å². The van der Waals surface area contributed by atoms with Crippen LogP contribution in [-0.4, -0.2) is 25.5 Å². The second kappa shape index (κ2) is 6.20. The van der Waals surface area contributed by atoms with E-state index in [1.807, 2.05) is 32.9 Å². The van der Waals surface area contributed by atoms with Crippen molar-refractivity contribution in [3.63, 3.8) is 0 Å². The molecular weight excluding hydrogens is 238 g/mol. The average Bonchev–Trinajstić information content (AvgIpc) is 2.45. The highest BCUT2D eigenvalue weighted by atomic mass is 16.5. The first-order valence-electron chi connectivity index (χ1n) is 7.13. The highest BCUT2D eigenvalue weighted by Gasteiger charge is 2.24. The zero-order chi connectivity index (χ0) is 13.8. The lowest BCUT2D eigenvalue weighted by Crippen LogP contribution is -2.32. The van der Waals surface area contributed by atoms with Crippen molar-refractivity contribution in [1.29, 1.82) is 0 Å². The highest BCUT2D eigenvalue weighted by molar-refractivity contribution is 5.99. The Kier molecular flexibility index (Phi) is 4.59. The van der Waals surface area contributed by atoms with Crippen LogP contribution in [0.5, 0.6) is 5.75 Å². The molecule has 0 amide bonds. The SMILES string of the molecule is CCOc1ccc(C(=O)C2CCNCC2)c(C)c1C. The predicted molar refractivity (Wildman–Crippen MR) is 77.0 cm³/mol. The molecule has 1 aromatic rings. The van der Waals surface area contributed by atoms with E-state index in [0.717, 1.165) is 48.4 Å². The maximum Gasteiger partial charge on any atom is 0.166 e. The van der Waals surface area contributed by atoms with Crippen LogP contribution in [0.3, 0.4) is 0 Å². The van der Waals surface area contributed by atoms with Gasteiger partial charge in [-0.25, -0.2) is 0 Å². The van der Waals surface area contributed by atoms with Gasteiger partial charge in [-0.15, -0.1) is 0 Å². The second-order valence-electron chi connectivity index (χ2n) is 5.18. The van der Waals surface area contributed by atoms with E-state index >= 15 is 0 Å². The number of nitrogens with one attached hydrogen (secondary N) is 1. The third-order valence-electron chi connectivity index (χ3n) is 4.01. The van der Waals surface area contributed by atoms with Gasteiger partial charge in [0.1, 0.15) is 5.75 Å². The molecule has 1 aromatic carbocycles. The molecule has 0 unspecified atom stereocenters. The number of Topliss-reactive ketones (excluding diaryl/α,β-unsaturated/α-hetero) is 1. The largest absolute Gasteiger partial charge is 0.494 e. The highest BCUT2D eigenvalue weighted by Crippen LogP contribution is 2.27. The summed E-state index contributed by atoms with van der Waals surface area (Å²) in [5, 5.41) is 3.30. The van der Waals surface area contributed by atoms with Crippen molar-refractivity contribution in [1.82, 2.24) is 5.32 Å². The molecule has 0 bridgehead atoms. The van der Waals surface area contributed by atoms with Crippen molar-refractivity contribution in [2.75, 3.05) is 19.7 Å². The summed E-state index contributed by atoms with van der Waals surface area (Å²) in [5.74, 6) is 1.37. The molecule has 3 nitrogen and oxygen atoms in total. The fourth-order valence-corrected chi connectivity index (χ4v) is 2.68. The molecule has 0 spiro atoms. The smallest absolute Gasteiger partial charge is 0.166 e. The van der Waals surface area contributed by atoms with E-state index in [0.29, 0.717) is 12.4 Å². The number of carbonyl (C=O) groups is 1. The maximum absolute atomic E-state index is 12.6. The van der Waals surface area contributed by atoms with Gasteiger partial charge >= 0.3 is 0 Å². The first-order chi connectivity index (χ1) is 9.15. The molecule has 19 heavy (non-hydrogen) atoms. The Morgan fingerprint density at radius 1 is 1.26 bits per heavy atom. The van der Waals surface area contributed by atoms with Crippen LogP contribution in [0.25, 0.3) is 0 Å². The second-order valence-corrected chi connectivity index (χ2v) is 5.18. The Balaban J connectivity index is 2.24. The first-order valence-corrected chi connectivity index (χ1v) is 7.13. The average molecular weight is 261 g/mol. The van der Waals surface area contributed by atoms with E-state index in [-0.39, 0.29) is 5.92 Å². The number of rotatable bonds is 4. The number of piperidine rings is 1. The van der Waals surface area contributed by atoms with E-state index < -0.39 is 0 Å². The number of ether oxygens (including phenoxy) is 1. The molecule has 0 aliphatic carbocycles. The Morgan fingerprint density at radius 2 is 1.95 bits per heavy atom. The lowest BCUT2D eigenvalue weighted by atomic mass is 9.87. The van der Waals surface area contributed by atoms with Gasteiger partial charge in [0.25, 0.3) is 0 Å². The van der Waals surface area contributed by atoms with Crippen LogP contribution in [0, 0.1) is 19.8 Å². The fourth-order valence-electron chi connectivity index (χ4n) is 2.68. The number of benzene rings is 1. The minimum absolute atomic E-state index is 0.178. The topological polar surface area (TPSA) is 38.3 Å². The Bertz CT molecular complexity index is 462. The summed E-state index contributed by atoms with van der Waals surface area (Å²) in [7, 11) is 0. The van der Waals surface area contributed by atoms with Crippen LogP contribution >= 0.6 is 0 Å². The maximum atomic E-state index is 12.6. The number of hydrogen-bond donors (Lipinski definition) is 1. The predicted octanol–water partition coefficient (Wildman–Crippen LogP) is 2.88. The van der Waals surface area contributed by atoms with Crippen molar-refractivity contribution in [2.24, 2.45) is 5.92 Å². The van der Waals surface area contributed by atoms with Crippen molar-refractivity contribution in [2.45, 2.75) is 33.6 Å². The van der Waals surface area contributed by atoms with Crippen LogP contribution in [0.2, 0.25) is 0 Å². The van der Waals surface area contributed by atoms with Crippen molar-refractivity contribution >= 4 is 5.78 Å². The summed E-state index contributed by atoms with van der Waals surface area (Å²) in [5.41, 5.74) is 3.02. The summed E-state index contributed by atoms with van der Waals surface area (Å²) < 4.78 is 5.58. The Morgan fingerprint density at radius 3 is 2.58 bits per heavy atom. The van der Waals surface area contributed by atoms with Crippen LogP contribution in [0.4, 0.5) is 0 Å². The van der Waals surface area contributed by atoms with E-state index in [1.165, 1.54) is 0 Å². The molecule has 0 radical (unpaired) electrons. The number of hydrogen-bond acceptors (Lipinski definition) is 3. The van der Waals surface area contributed by atoms with Gasteiger partial charge in [-0.1, -0.05) is 0 Å². The Hall–Kier alpha value is -1.35. The minimum Gasteiger partial charge on any atom is -0.494 e. The normalized spacial score (nSPS) is 16.4. The van der Waals surface area contributed by atoms with Gasteiger partial charge in [-0.3, -0.25) is 4.79 Å². The summed E-state index contributed by atoms with van der Waals surface area (Å²) in [6.45, 7) is 8.58. The first kappa shape index (κ1) is 14.1. The summed E-state index contributed by atoms with van der Waals surface area (Å²) in [6, 6.07) is 3.86. The molecule has 1 aliphatic heterocycles. The van der Waals surface area contributed by atoms with E-state index in [4.69, 9.17) is 4.74 Å². The summed E-state index contributed by atoms with van der Waals surface area (Å²) in [6.07, 6.45) is 1.90. The van der Waals surface area contributed by atoms with Crippen LogP contribution in [-0.2, 0) is 0 Å². The zero-order valence-corrected chi connectivity index (χ0v) is 12.1. The summed E-state index contributed by atoms with van der Waals surface area (Å²) in [4.78, 5) is 12.6. The fraction of sp³-hybridized carbons (Fsp3) is 0.562. The quantitative estimate of drug-likeness (QED) is 0.847. The van der Waals surface area contributed by atoms with E-state index in [2.05, 4.69) is 5.32 Å². The molecule has 3 heteroatoms. The third-order valence-corrected chi connectivity index (χ3v) is 4.01. The molecule has 1 aliphatic rings. The van der Waals surface area contributed by atoms with Gasteiger partial charge in [0.15, 0.2) is 5.78 Å². The molecule has 1 saturated heterocycles. The lowest BCUT2D eigenvalue weighted by molar-refractivity contribution is 0.0894. The van der Waals surface area contributed by atoms with Crippen LogP contribution in [0.1, 0.15) is 41.3 Å². The van der Waals surface area contributed by atoms with Gasteiger partial charge in [-0.05, 0) is 70.0 Å². The molecule has 1 heterocycles. The van der Waals surface area contributed by atoms with Crippen LogP contribution < -0.4 is 10.1 Å². The van der Waals surface area contributed by atoms with Crippen molar-refractivity contribution < 1.29 is 9.53 Å². The van der Waals surface area contributed by atoms with Gasteiger partial charge in [0, 0.05) is 11.5 Å². The van der Waals surface area contributed by atoms with E-state index in [9.17, 15) is 4.79 Å². The summed E-state index contributed by atoms with van der Waals surface area (Å²) >= 11 is 0. The van der Waals surface area contributed by atoms with Gasteiger partial charge < -0.3 is 10.1 Å². The molecule has 0 atom stereocenters. The number of carbonyl (C=O) groups excluding carboxylic acids is 1. The van der Waals surface area contributed by atoms with Crippen LogP contribution in [0.15, 0.2) is 12.1 Å². The molecule has 0 aromatic heterocycles.